The first kappa shape index (κ1) is 31.5. The first-order valence-electron chi connectivity index (χ1n) is 13.0. The predicted molar refractivity (Wildman–Crippen MR) is 154 cm³/mol. The highest BCUT2D eigenvalue weighted by Gasteiger charge is 2.30. The molecule has 0 radical (unpaired) electrons. The van der Waals surface area contributed by atoms with Gasteiger partial charge in [-0.15, -0.1) is 0 Å². The lowest BCUT2D eigenvalue weighted by molar-refractivity contribution is -0.140. The van der Waals surface area contributed by atoms with E-state index in [1.54, 1.807) is 24.3 Å². The van der Waals surface area contributed by atoms with Crippen LogP contribution in [0.25, 0.3) is 10.9 Å². The zero-order valence-corrected chi connectivity index (χ0v) is 24.3. The second kappa shape index (κ2) is 12.8. The van der Waals surface area contributed by atoms with Crippen LogP contribution in [0.2, 0.25) is 0 Å². The molecule has 1 saturated heterocycles. The molecule has 0 spiro atoms. The maximum atomic E-state index is 13.5. The van der Waals surface area contributed by atoms with Crippen LogP contribution in [0.1, 0.15) is 18.5 Å². The average molecular weight is 629 g/mol. The van der Waals surface area contributed by atoms with E-state index in [9.17, 15) is 30.0 Å². The van der Waals surface area contributed by atoms with Crippen molar-refractivity contribution in [1.82, 2.24) is 9.29 Å². The van der Waals surface area contributed by atoms with E-state index in [1.165, 1.54) is 25.3 Å². The number of fused-ring (bicyclic) bond motifs is 1. The summed E-state index contributed by atoms with van der Waals surface area (Å²) in [7, 11) is -5.56. The quantitative estimate of drug-likeness (QED) is 0.252. The fraction of sp³-hybridized carbons (Fsp3) is 0.407. The molecule has 2 heterocycles. The number of hydrogen-bond donors (Lipinski definition) is 4. The maximum absolute atomic E-state index is 13.5. The molecule has 10 nitrogen and oxygen atoms in total. The Kier molecular flexibility index (Phi) is 9.61. The number of sulfonamides is 1. The number of nitrogens with one attached hydrogen (secondary N) is 3. The molecule has 0 bridgehead atoms. The van der Waals surface area contributed by atoms with Crippen molar-refractivity contribution in [3.63, 3.8) is 0 Å². The van der Waals surface area contributed by atoms with Gasteiger partial charge in [0, 0.05) is 29.7 Å². The third kappa shape index (κ3) is 7.88. The molecule has 1 fully saturated rings. The van der Waals surface area contributed by atoms with Crippen LogP contribution in [0.3, 0.4) is 0 Å². The Morgan fingerprint density at radius 2 is 1.86 bits per heavy atom. The van der Waals surface area contributed by atoms with Crippen LogP contribution in [0.15, 0.2) is 47.4 Å². The van der Waals surface area contributed by atoms with Crippen molar-refractivity contribution in [3.05, 3.63) is 48.2 Å². The van der Waals surface area contributed by atoms with Crippen LogP contribution in [-0.4, -0.2) is 77.0 Å². The molecule has 15 heteroatoms. The zero-order valence-electron chi connectivity index (χ0n) is 22.7. The number of aliphatic hydroxyl groups excluding tert-OH is 1. The number of halogens is 3. The molecule has 1 aromatic heterocycles. The van der Waals surface area contributed by atoms with Crippen LogP contribution < -0.4 is 20.1 Å². The topological polar surface area (TPSA) is 139 Å². The van der Waals surface area contributed by atoms with E-state index in [0.29, 0.717) is 35.1 Å². The number of rotatable bonds is 10. The number of aliphatic hydroxyl groups is 1. The number of methoxy groups -OCH3 is 1. The van der Waals surface area contributed by atoms with Crippen LogP contribution >= 0.6 is 0 Å². The van der Waals surface area contributed by atoms with Crippen molar-refractivity contribution >= 4 is 42.1 Å². The van der Waals surface area contributed by atoms with E-state index in [0.717, 1.165) is 4.57 Å². The highest BCUT2D eigenvalue weighted by Crippen LogP contribution is 2.32. The normalized spacial score (nSPS) is 15.6. The van der Waals surface area contributed by atoms with E-state index < -0.39 is 32.6 Å². The van der Waals surface area contributed by atoms with Gasteiger partial charge in [-0.2, -0.15) is 13.2 Å². The number of benzene rings is 2. The van der Waals surface area contributed by atoms with E-state index >= 15 is 0 Å². The Morgan fingerprint density at radius 3 is 2.52 bits per heavy atom. The second-order valence-electron chi connectivity index (χ2n) is 9.68. The molecule has 4 rings (SSSR count). The summed E-state index contributed by atoms with van der Waals surface area (Å²) in [5, 5.41) is 15.7. The largest absolute Gasteiger partial charge is 0.495 e. The monoisotopic (exact) mass is 628 g/mol. The molecule has 0 unspecified atom stereocenters. The molecule has 0 amide bonds. The Morgan fingerprint density at radius 1 is 1.12 bits per heavy atom. The van der Waals surface area contributed by atoms with Gasteiger partial charge in [-0.25, -0.2) is 21.6 Å². The van der Waals surface area contributed by atoms with Crippen molar-refractivity contribution in [3.8, 4) is 17.6 Å². The fourth-order valence-corrected chi connectivity index (χ4v) is 7.17. The van der Waals surface area contributed by atoms with Gasteiger partial charge in [0.25, 0.3) is 0 Å². The first-order valence-corrected chi connectivity index (χ1v) is 16.3. The first-order chi connectivity index (χ1) is 19.8. The predicted octanol–water partition coefficient (Wildman–Crippen LogP) is 2.94. The fourth-order valence-electron chi connectivity index (χ4n) is 4.64. The van der Waals surface area contributed by atoms with Crippen molar-refractivity contribution < 1.29 is 39.9 Å². The molecule has 3 aromatic rings. The lowest BCUT2D eigenvalue weighted by Crippen LogP contribution is -2.32. The Hall–Kier alpha value is -3.45. The smallest absolute Gasteiger partial charge is 0.406 e. The van der Waals surface area contributed by atoms with Gasteiger partial charge in [-0.1, -0.05) is 12.0 Å². The number of aromatic nitrogens is 1. The van der Waals surface area contributed by atoms with Crippen LogP contribution in [-0.2, 0) is 26.4 Å². The van der Waals surface area contributed by atoms with Crippen LogP contribution in [0.5, 0.6) is 5.75 Å². The standard InChI is InChI=1S/C27H31F3N4O6S2/c1-40-26-17-21(42(38,39)32-12-13-35)7-8-24(26)31-11-3-4-20-16-22-23(33-19-9-14-41(36,37)15-10-19)5-2-6-25(22)34(20)18-27(28,29)30/h2,5-8,16-17,19,31-33,35H,9-15,18H2,1H3. The lowest BCUT2D eigenvalue weighted by Gasteiger charge is -2.24. The van der Waals surface area contributed by atoms with Crippen LogP contribution in [0, 0.1) is 11.8 Å². The molecule has 1 aliphatic rings. The van der Waals surface area contributed by atoms with E-state index in [1.807, 2.05) is 0 Å². The molecular weight excluding hydrogens is 597 g/mol. The van der Waals surface area contributed by atoms with Crippen molar-refractivity contribution in [2.24, 2.45) is 0 Å². The summed E-state index contributed by atoms with van der Waals surface area (Å²) in [6.07, 6.45) is -3.67. The number of ether oxygens (including phenoxy) is 1. The number of nitrogens with zero attached hydrogens (tertiary/aromatic N) is 1. The third-order valence-electron chi connectivity index (χ3n) is 6.67. The van der Waals surface area contributed by atoms with Gasteiger partial charge < -0.3 is 25.0 Å². The molecule has 2 aromatic carbocycles. The van der Waals surface area contributed by atoms with Gasteiger partial charge >= 0.3 is 6.18 Å². The molecular formula is C27H31F3N4O6S2. The minimum Gasteiger partial charge on any atom is -0.495 e. The second-order valence-corrected chi connectivity index (χ2v) is 13.7. The third-order valence-corrected chi connectivity index (χ3v) is 9.84. The van der Waals surface area contributed by atoms with Gasteiger partial charge in [-0.3, -0.25) is 0 Å². The zero-order chi connectivity index (χ0) is 30.5. The van der Waals surface area contributed by atoms with Gasteiger partial charge in [0.15, 0.2) is 0 Å². The minimum absolute atomic E-state index is 0.0143. The highest BCUT2D eigenvalue weighted by molar-refractivity contribution is 7.91. The van der Waals surface area contributed by atoms with Gasteiger partial charge in [0.05, 0.1) is 53.6 Å². The Labute approximate surface area is 242 Å². The highest BCUT2D eigenvalue weighted by atomic mass is 32.2. The Bertz CT molecular complexity index is 1700. The van der Waals surface area contributed by atoms with Crippen molar-refractivity contribution in [1.29, 1.82) is 0 Å². The number of anilines is 2. The van der Waals surface area contributed by atoms with Gasteiger partial charge in [-0.05, 0) is 49.1 Å². The molecule has 0 atom stereocenters. The van der Waals surface area contributed by atoms with Gasteiger partial charge in [0.2, 0.25) is 10.0 Å². The number of sulfone groups is 1. The lowest BCUT2D eigenvalue weighted by atomic mass is 10.1. The molecule has 4 N–H and O–H groups in total. The molecule has 1 aliphatic heterocycles. The van der Waals surface area contributed by atoms with E-state index in [-0.39, 0.29) is 53.6 Å². The molecule has 228 valence electrons. The molecule has 0 aliphatic carbocycles. The Balaban J connectivity index is 1.56. The summed E-state index contributed by atoms with van der Waals surface area (Å²) in [6.45, 7) is -1.73. The summed E-state index contributed by atoms with van der Waals surface area (Å²) in [6, 6.07) is 10.5. The van der Waals surface area contributed by atoms with Crippen molar-refractivity contribution in [2.75, 3.05) is 48.9 Å². The summed E-state index contributed by atoms with van der Waals surface area (Å²) >= 11 is 0. The maximum Gasteiger partial charge on any atom is 0.406 e. The van der Waals surface area contributed by atoms with Crippen molar-refractivity contribution in [2.45, 2.75) is 36.5 Å². The summed E-state index contributed by atoms with van der Waals surface area (Å²) in [5.41, 5.74) is 1.51. The van der Waals surface area contributed by atoms with E-state index in [4.69, 9.17) is 9.84 Å². The number of alkyl halides is 3. The number of hydrogen-bond acceptors (Lipinski definition) is 8. The van der Waals surface area contributed by atoms with Crippen LogP contribution in [0.4, 0.5) is 24.5 Å². The summed E-state index contributed by atoms with van der Waals surface area (Å²) in [4.78, 5) is -0.0691. The SMILES string of the molecule is COc1cc(S(=O)(=O)NCCO)ccc1NCC#Cc1cc2c(NC3CCS(=O)(=O)CC3)cccc2n1CC(F)(F)F. The van der Waals surface area contributed by atoms with E-state index in [2.05, 4.69) is 27.2 Å². The molecule has 42 heavy (non-hydrogen) atoms. The van der Waals surface area contributed by atoms with Gasteiger partial charge in [0.1, 0.15) is 22.1 Å². The summed E-state index contributed by atoms with van der Waals surface area (Å²) < 4.78 is 97.4. The summed E-state index contributed by atoms with van der Waals surface area (Å²) in [5.74, 6) is 5.95. The minimum atomic E-state index is -4.50. The average Bonchev–Trinajstić information content (AvgIpc) is 3.27. The molecule has 0 saturated carbocycles.